The fraction of sp³-hybridized carbons (Fsp3) is 0.588. The second-order valence-corrected chi connectivity index (χ2v) is 6.29. The Hall–Kier alpha value is -1.37. The van der Waals surface area contributed by atoms with E-state index in [1.807, 2.05) is 6.92 Å². The Morgan fingerprint density at radius 2 is 2.05 bits per heavy atom. The molecule has 3 heteroatoms. The minimum Gasteiger partial charge on any atom is -0.299 e. The van der Waals surface area contributed by atoms with Crippen LogP contribution in [-0.2, 0) is 13.0 Å². The summed E-state index contributed by atoms with van der Waals surface area (Å²) in [6, 6.07) is 11.4. The van der Waals surface area contributed by atoms with Crippen molar-refractivity contribution in [2.75, 3.05) is 13.1 Å². The van der Waals surface area contributed by atoms with Crippen LogP contribution >= 0.6 is 0 Å². The fourth-order valence-electron chi connectivity index (χ4n) is 2.92. The zero-order chi connectivity index (χ0) is 14.6. The molecule has 20 heavy (non-hydrogen) atoms. The van der Waals surface area contributed by atoms with E-state index in [4.69, 9.17) is 0 Å². The molecule has 0 aliphatic carbocycles. The Bertz CT molecular complexity index is 489. The largest absolute Gasteiger partial charge is 0.299 e. The predicted molar refractivity (Wildman–Crippen MR) is 82.3 cm³/mol. The summed E-state index contributed by atoms with van der Waals surface area (Å²) in [6.07, 6.45) is 1.99. The molecule has 108 valence electrons. The monoisotopic (exact) mass is 271 g/mol. The summed E-state index contributed by atoms with van der Waals surface area (Å²) in [5.74, 6) is 0. The smallest absolute Gasteiger partial charge is 0.105 e. The standard InChI is InChI=1S/C17H25N3/c1-14(2)19-17(3,13-18)9-11-20-10-8-15-6-4-5-7-16(15)12-20/h4-7,14,19H,8-12H2,1-3H3. The molecule has 0 radical (unpaired) electrons. The summed E-state index contributed by atoms with van der Waals surface area (Å²) in [7, 11) is 0. The van der Waals surface area contributed by atoms with Crippen LogP contribution in [0.3, 0.4) is 0 Å². The van der Waals surface area contributed by atoms with Crippen LogP contribution in [0.4, 0.5) is 0 Å². The lowest BCUT2D eigenvalue weighted by Gasteiger charge is -2.32. The minimum absolute atomic E-state index is 0.335. The van der Waals surface area contributed by atoms with Gasteiger partial charge in [0.25, 0.3) is 0 Å². The van der Waals surface area contributed by atoms with Gasteiger partial charge in [-0.3, -0.25) is 10.2 Å². The van der Waals surface area contributed by atoms with Gasteiger partial charge in [0.05, 0.1) is 6.07 Å². The van der Waals surface area contributed by atoms with E-state index in [1.54, 1.807) is 0 Å². The molecule has 0 amide bonds. The van der Waals surface area contributed by atoms with Crippen molar-refractivity contribution in [3.8, 4) is 6.07 Å². The van der Waals surface area contributed by atoms with Crippen LogP contribution in [-0.4, -0.2) is 29.6 Å². The Labute approximate surface area is 122 Å². The molecule has 1 N–H and O–H groups in total. The molecular weight excluding hydrogens is 246 g/mol. The van der Waals surface area contributed by atoms with Crippen molar-refractivity contribution in [1.29, 1.82) is 5.26 Å². The van der Waals surface area contributed by atoms with Crippen LogP contribution in [0.1, 0.15) is 38.3 Å². The number of hydrogen-bond donors (Lipinski definition) is 1. The van der Waals surface area contributed by atoms with Crippen LogP contribution in [0.25, 0.3) is 0 Å². The average molecular weight is 271 g/mol. The van der Waals surface area contributed by atoms with E-state index < -0.39 is 5.54 Å². The Morgan fingerprint density at radius 3 is 2.70 bits per heavy atom. The molecule has 1 aliphatic rings. The van der Waals surface area contributed by atoms with Gasteiger partial charge in [0, 0.05) is 25.7 Å². The van der Waals surface area contributed by atoms with Gasteiger partial charge in [-0.1, -0.05) is 24.3 Å². The molecule has 1 aliphatic heterocycles. The summed E-state index contributed by atoms with van der Waals surface area (Å²) in [5.41, 5.74) is 2.49. The SMILES string of the molecule is CC(C)NC(C)(C#N)CCN1CCc2ccccc2C1. The lowest BCUT2D eigenvalue weighted by atomic mass is 9.96. The van der Waals surface area contributed by atoms with Crippen LogP contribution in [0.5, 0.6) is 0 Å². The number of nitrogens with zero attached hydrogens (tertiary/aromatic N) is 2. The van der Waals surface area contributed by atoms with Crippen molar-refractivity contribution in [1.82, 2.24) is 10.2 Å². The maximum absolute atomic E-state index is 9.39. The first-order chi connectivity index (χ1) is 9.52. The van der Waals surface area contributed by atoms with Crippen LogP contribution in [0, 0.1) is 11.3 Å². The number of fused-ring (bicyclic) bond motifs is 1. The van der Waals surface area contributed by atoms with E-state index in [-0.39, 0.29) is 0 Å². The highest BCUT2D eigenvalue weighted by Gasteiger charge is 2.26. The first-order valence-electron chi connectivity index (χ1n) is 7.50. The summed E-state index contributed by atoms with van der Waals surface area (Å²) in [5, 5.41) is 12.8. The van der Waals surface area contributed by atoms with E-state index in [0.29, 0.717) is 6.04 Å². The van der Waals surface area contributed by atoms with Gasteiger partial charge in [-0.25, -0.2) is 0 Å². The first kappa shape index (κ1) is 15.0. The summed E-state index contributed by atoms with van der Waals surface area (Å²) < 4.78 is 0. The number of benzene rings is 1. The molecular formula is C17H25N3. The van der Waals surface area contributed by atoms with Crippen molar-refractivity contribution in [2.45, 2.75) is 51.7 Å². The maximum Gasteiger partial charge on any atom is 0.105 e. The molecule has 1 heterocycles. The Kier molecular flexibility index (Phi) is 4.80. The van der Waals surface area contributed by atoms with Crippen molar-refractivity contribution >= 4 is 0 Å². The molecule has 0 saturated carbocycles. The van der Waals surface area contributed by atoms with Crippen molar-refractivity contribution in [3.63, 3.8) is 0 Å². The molecule has 2 rings (SSSR count). The van der Waals surface area contributed by atoms with E-state index in [9.17, 15) is 5.26 Å². The van der Waals surface area contributed by atoms with Crippen LogP contribution in [0.15, 0.2) is 24.3 Å². The molecule has 1 aromatic rings. The van der Waals surface area contributed by atoms with Gasteiger partial charge in [-0.15, -0.1) is 0 Å². The molecule has 0 fully saturated rings. The highest BCUT2D eigenvalue weighted by atomic mass is 15.1. The second kappa shape index (κ2) is 6.39. The maximum atomic E-state index is 9.39. The number of nitrogens with one attached hydrogen (secondary N) is 1. The van der Waals surface area contributed by atoms with Gasteiger partial charge >= 0.3 is 0 Å². The highest BCUT2D eigenvalue weighted by molar-refractivity contribution is 5.29. The number of nitriles is 1. The molecule has 3 nitrogen and oxygen atoms in total. The lowest BCUT2D eigenvalue weighted by Crippen LogP contribution is -2.47. The van der Waals surface area contributed by atoms with Gasteiger partial charge in [0.15, 0.2) is 0 Å². The summed E-state index contributed by atoms with van der Waals surface area (Å²) in [6.45, 7) is 9.27. The lowest BCUT2D eigenvalue weighted by molar-refractivity contribution is 0.225. The summed E-state index contributed by atoms with van der Waals surface area (Å²) in [4.78, 5) is 2.46. The van der Waals surface area contributed by atoms with Gasteiger partial charge in [0.2, 0.25) is 0 Å². The third kappa shape index (κ3) is 3.82. The average Bonchev–Trinajstić information content (AvgIpc) is 2.44. The van der Waals surface area contributed by atoms with Crippen molar-refractivity contribution < 1.29 is 0 Å². The van der Waals surface area contributed by atoms with Crippen molar-refractivity contribution in [3.05, 3.63) is 35.4 Å². The topological polar surface area (TPSA) is 39.1 Å². The molecule has 0 aromatic heterocycles. The highest BCUT2D eigenvalue weighted by Crippen LogP contribution is 2.20. The van der Waals surface area contributed by atoms with Gasteiger partial charge < -0.3 is 0 Å². The third-order valence-corrected chi connectivity index (χ3v) is 3.99. The zero-order valence-corrected chi connectivity index (χ0v) is 12.8. The molecule has 1 atom stereocenters. The first-order valence-corrected chi connectivity index (χ1v) is 7.50. The molecule has 1 aromatic carbocycles. The van der Waals surface area contributed by atoms with Gasteiger partial charge in [-0.05, 0) is 44.7 Å². The quantitative estimate of drug-likeness (QED) is 0.895. The normalized spacial score (nSPS) is 18.4. The van der Waals surface area contributed by atoms with E-state index in [1.165, 1.54) is 11.1 Å². The number of rotatable bonds is 5. The van der Waals surface area contributed by atoms with Crippen LogP contribution in [0.2, 0.25) is 0 Å². The minimum atomic E-state index is -0.425. The zero-order valence-electron chi connectivity index (χ0n) is 12.8. The Morgan fingerprint density at radius 1 is 1.35 bits per heavy atom. The molecule has 0 spiro atoms. The third-order valence-electron chi connectivity index (χ3n) is 3.99. The number of hydrogen-bond acceptors (Lipinski definition) is 3. The predicted octanol–water partition coefficient (Wildman–Crippen LogP) is 2.72. The van der Waals surface area contributed by atoms with E-state index in [2.05, 4.69) is 54.4 Å². The van der Waals surface area contributed by atoms with Gasteiger partial charge in [0.1, 0.15) is 5.54 Å². The second-order valence-electron chi connectivity index (χ2n) is 6.29. The fourth-order valence-corrected chi connectivity index (χ4v) is 2.92. The van der Waals surface area contributed by atoms with E-state index in [0.717, 1.165) is 32.5 Å². The van der Waals surface area contributed by atoms with Gasteiger partial charge in [-0.2, -0.15) is 5.26 Å². The summed E-state index contributed by atoms with van der Waals surface area (Å²) >= 11 is 0. The molecule has 0 saturated heterocycles. The van der Waals surface area contributed by atoms with Crippen LogP contribution < -0.4 is 5.32 Å². The Balaban J connectivity index is 1.91. The van der Waals surface area contributed by atoms with Crippen molar-refractivity contribution in [2.24, 2.45) is 0 Å². The molecule has 0 bridgehead atoms. The molecule has 1 unspecified atom stereocenters. The van der Waals surface area contributed by atoms with E-state index >= 15 is 0 Å².